The van der Waals surface area contributed by atoms with Crippen molar-refractivity contribution < 1.29 is 14.3 Å². The van der Waals surface area contributed by atoms with E-state index in [1.54, 1.807) is 19.1 Å². The predicted molar refractivity (Wildman–Crippen MR) is 73.3 cm³/mol. The molecule has 0 spiro atoms. The van der Waals surface area contributed by atoms with E-state index < -0.39 is 11.8 Å². The minimum Gasteiger partial charge on any atom is -0.460 e. The van der Waals surface area contributed by atoms with Crippen molar-refractivity contribution in [2.75, 3.05) is 6.61 Å². The van der Waals surface area contributed by atoms with Crippen molar-refractivity contribution in [1.82, 2.24) is 4.57 Å². The van der Waals surface area contributed by atoms with Gasteiger partial charge in [-0.15, -0.1) is 0 Å². The molecule has 0 atom stereocenters. The highest BCUT2D eigenvalue weighted by atomic mass is 16.5. The highest BCUT2D eigenvalue weighted by Gasteiger charge is 2.18. The summed E-state index contributed by atoms with van der Waals surface area (Å²) in [7, 11) is 0. The number of hydrogen-bond donors (Lipinski definition) is 0. The Kier molecular flexibility index (Phi) is 3.69. The first kappa shape index (κ1) is 13.3. The van der Waals surface area contributed by atoms with Crippen LogP contribution in [0.5, 0.6) is 0 Å². The minimum atomic E-state index is -0.801. The summed E-state index contributed by atoms with van der Waals surface area (Å²) in [6.45, 7) is 6.02. The molecule has 1 aromatic carbocycles. The average molecular weight is 259 g/mol. The van der Waals surface area contributed by atoms with Crippen LogP contribution in [0.4, 0.5) is 0 Å². The number of carbonyl (C=O) groups excluding carboxylic acids is 2. The first-order valence-corrected chi connectivity index (χ1v) is 6.36. The van der Waals surface area contributed by atoms with Crippen LogP contribution in [0, 0.1) is 0 Å². The number of hydrogen-bond acceptors (Lipinski definition) is 3. The minimum absolute atomic E-state index is 0.204. The molecule has 0 radical (unpaired) electrons. The summed E-state index contributed by atoms with van der Waals surface area (Å²) in [6, 6.07) is 7.54. The van der Waals surface area contributed by atoms with Gasteiger partial charge in [-0.1, -0.05) is 12.1 Å². The van der Waals surface area contributed by atoms with Gasteiger partial charge in [-0.2, -0.15) is 0 Å². The zero-order valence-corrected chi connectivity index (χ0v) is 11.3. The molecule has 1 heterocycles. The van der Waals surface area contributed by atoms with E-state index in [4.69, 9.17) is 4.74 Å². The summed E-state index contributed by atoms with van der Waals surface area (Å²) < 4.78 is 6.80. The van der Waals surface area contributed by atoms with Crippen molar-refractivity contribution in [3.05, 3.63) is 36.0 Å². The molecule has 0 unspecified atom stereocenters. The van der Waals surface area contributed by atoms with Crippen LogP contribution in [0.15, 0.2) is 30.5 Å². The number of esters is 1. The van der Waals surface area contributed by atoms with Gasteiger partial charge >= 0.3 is 5.97 Å². The number of benzene rings is 1. The standard InChI is InChI=1S/C15H17NO3/c1-4-19-15(18)14(17)12-6-5-11-7-8-16(10(2)3)13(11)9-12/h5-10H,4H2,1-3H3. The molecule has 4 nitrogen and oxygen atoms in total. The number of fused-ring (bicyclic) bond motifs is 1. The molecule has 0 aliphatic rings. The van der Waals surface area contributed by atoms with E-state index in [1.807, 2.05) is 18.3 Å². The summed E-state index contributed by atoms with van der Waals surface area (Å²) in [5, 5.41) is 1.05. The predicted octanol–water partition coefficient (Wildman–Crippen LogP) is 2.97. The van der Waals surface area contributed by atoms with E-state index in [9.17, 15) is 9.59 Å². The molecule has 0 bridgehead atoms. The lowest BCUT2D eigenvalue weighted by Crippen LogP contribution is -2.17. The van der Waals surface area contributed by atoms with Gasteiger partial charge in [-0.3, -0.25) is 4.79 Å². The summed E-state index contributed by atoms with van der Waals surface area (Å²) in [6.07, 6.45) is 1.98. The molecule has 100 valence electrons. The zero-order valence-electron chi connectivity index (χ0n) is 11.3. The Morgan fingerprint density at radius 3 is 2.63 bits per heavy atom. The number of carbonyl (C=O) groups is 2. The van der Waals surface area contributed by atoms with Gasteiger partial charge in [0.15, 0.2) is 0 Å². The summed E-state index contributed by atoms with van der Waals surface area (Å²) in [4.78, 5) is 23.4. The van der Waals surface area contributed by atoms with Gasteiger partial charge in [0.2, 0.25) is 0 Å². The Labute approximate surface area is 112 Å². The van der Waals surface area contributed by atoms with E-state index in [0.717, 1.165) is 10.9 Å². The Balaban J connectivity index is 2.43. The molecule has 0 aliphatic heterocycles. The highest BCUT2D eigenvalue weighted by molar-refractivity contribution is 6.40. The molecule has 0 amide bonds. The molecule has 0 saturated carbocycles. The normalized spacial score (nSPS) is 10.9. The van der Waals surface area contributed by atoms with Crippen LogP contribution in [-0.4, -0.2) is 22.9 Å². The second kappa shape index (κ2) is 5.26. The highest BCUT2D eigenvalue weighted by Crippen LogP contribution is 2.21. The molecule has 0 N–H and O–H groups in total. The average Bonchev–Trinajstić information content (AvgIpc) is 2.80. The van der Waals surface area contributed by atoms with Gasteiger partial charge in [0.05, 0.1) is 6.61 Å². The van der Waals surface area contributed by atoms with Crippen LogP contribution in [0.25, 0.3) is 10.9 Å². The van der Waals surface area contributed by atoms with Gasteiger partial charge < -0.3 is 9.30 Å². The molecule has 0 fully saturated rings. The smallest absolute Gasteiger partial charge is 0.379 e. The molecule has 2 rings (SSSR count). The van der Waals surface area contributed by atoms with Crippen LogP contribution in [0.2, 0.25) is 0 Å². The third-order valence-electron chi connectivity index (χ3n) is 3.00. The van der Waals surface area contributed by atoms with Gasteiger partial charge in [0.25, 0.3) is 5.78 Å². The maximum Gasteiger partial charge on any atom is 0.379 e. The number of aromatic nitrogens is 1. The molecular weight excluding hydrogens is 242 g/mol. The number of ether oxygens (including phenoxy) is 1. The number of Topliss-reactive ketones (excluding diaryl/α,β-unsaturated/α-hetero) is 1. The van der Waals surface area contributed by atoms with E-state index in [2.05, 4.69) is 18.4 Å². The SMILES string of the molecule is CCOC(=O)C(=O)c1ccc2ccn(C(C)C)c2c1. The van der Waals surface area contributed by atoms with Crippen molar-refractivity contribution in [3.63, 3.8) is 0 Å². The third-order valence-corrected chi connectivity index (χ3v) is 3.00. The van der Waals surface area contributed by atoms with Crippen molar-refractivity contribution in [3.8, 4) is 0 Å². The second-order valence-corrected chi connectivity index (χ2v) is 4.64. The van der Waals surface area contributed by atoms with Crippen LogP contribution in [0.3, 0.4) is 0 Å². The Morgan fingerprint density at radius 2 is 2.00 bits per heavy atom. The lowest BCUT2D eigenvalue weighted by molar-refractivity contribution is -0.137. The fourth-order valence-corrected chi connectivity index (χ4v) is 2.06. The van der Waals surface area contributed by atoms with E-state index in [1.165, 1.54) is 0 Å². The first-order chi connectivity index (χ1) is 9.04. The molecule has 0 aliphatic carbocycles. The van der Waals surface area contributed by atoms with Crippen LogP contribution >= 0.6 is 0 Å². The van der Waals surface area contributed by atoms with Crippen molar-refractivity contribution in [2.24, 2.45) is 0 Å². The molecule has 1 aromatic heterocycles. The topological polar surface area (TPSA) is 48.3 Å². The lowest BCUT2D eigenvalue weighted by atomic mass is 10.1. The maximum atomic E-state index is 11.9. The fourth-order valence-electron chi connectivity index (χ4n) is 2.06. The Morgan fingerprint density at radius 1 is 1.26 bits per heavy atom. The summed E-state index contributed by atoms with van der Waals surface area (Å²) >= 11 is 0. The van der Waals surface area contributed by atoms with Crippen molar-refractivity contribution in [1.29, 1.82) is 0 Å². The number of nitrogens with zero attached hydrogens (tertiary/aromatic N) is 1. The Hall–Kier alpha value is -2.10. The van der Waals surface area contributed by atoms with E-state index in [-0.39, 0.29) is 6.61 Å². The van der Waals surface area contributed by atoms with Crippen molar-refractivity contribution >= 4 is 22.7 Å². The van der Waals surface area contributed by atoms with Gasteiger partial charge in [0.1, 0.15) is 0 Å². The van der Waals surface area contributed by atoms with Gasteiger partial charge in [-0.05, 0) is 38.3 Å². The quantitative estimate of drug-likeness (QED) is 0.482. The molecular formula is C15H17NO3. The van der Waals surface area contributed by atoms with Crippen LogP contribution in [0.1, 0.15) is 37.2 Å². The summed E-state index contributed by atoms with van der Waals surface area (Å²) in [5.74, 6) is -1.40. The van der Waals surface area contributed by atoms with Gasteiger partial charge in [-0.25, -0.2) is 4.79 Å². The van der Waals surface area contributed by atoms with Gasteiger partial charge in [0, 0.05) is 23.3 Å². The number of rotatable bonds is 4. The fraction of sp³-hybridized carbons (Fsp3) is 0.333. The second-order valence-electron chi connectivity index (χ2n) is 4.64. The third kappa shape index (κ3) is 2.52. The van der Waals surface area contributed by atoms with Crippen LogP contribution in [-0.2, 0) is 9.53 Å². The molecule has 2 aromatic rings. The molecule has 4 heteroatoms. The van der Waals surface area contributed by atoms with Crippen LogP contribution < -0.4 is 0 Å². The largest absolute Gasteiger partial charge is 0.460 e. The van der Waals surface area contributed by atoms with E-state index in [0.29, 0.717) is 11.6 Å². The number of ketones is 1. The lowest BCUT2D eigenvalue weighted by Gasteiger charge is -2.09. The maximum absolute atomic E-state index is 11.9. The monoisotopic (exact) mass is 259 g/mol. The molecule has 0 saturated heterocycles. The molecule has 19 heavy (non-hydrogen) atoms. The van der Waals surface area contributed by atoms with E-state index >= 15 is 0 Å². The Bertz CT molecular complexity index is 625. The summed E-state index contributed by atoms with van der Waals surface area (Å²) in [5.41, 5.74) is 1.32. The van der Waals surface area contributed by atoms with Crippen molar-refractivity contribution in [2.45, 2.75) is 26.8 Å². The first-order valence-electron chi connectivity index (χ1n) is 6.36. The zero-order chi connectivity index (χ0) is 14.0.